The Labute approximate surface area is 91.3 Å². The minimum absolute atomic E-state index is 0.0272. The quantitative estimate of drug-likeness (QED) is 0.743. The van der Waals surface area contributed by atoms with Gasteiger partial charge < -0.3 is 4.74 Å². The predicted octanol–water partition coefficient (Wildman–Crippen LogP) is 2.67. The molecule has 5 heteroatoms. The van der Waals surface area contributed by atoms with Crippen LogP contribution < -0.4 is 4.74 Å². The monoisotopic (exact) mass is 225 g/mol. The van der Waals surface area contributed by atoms with Crippen LogP contribution in [0.5, 0.6) is 5.75 Å². The van der Waals surface area contributed by atoms with Crippen LogP contribution in [0.2, 0.25) is 0 Å². The van der Waals surface area contributed by atoms with Gasteiger partial charge in [-0.25, -0.2) is 0 Å². The molecule has 16 heavy (non-hydrogen) atoms. The first kappa shape index (κ1) is 12.1. The van der Waals surface area contributed by atoms with Crippen molar-refractivity contribution < 1.29 is 18.3 Å². The van der Waals surface area contributed by atoms with Crippen LogP contribution in [0.1, 0.15) is 28.4 Å². The SMILES string of the molecule is CC(=O)c1c(C)ccc(C#N)c1OC(F)F. The number of rotatable bonds is 3. The maximum absolute atomic E-state index is 12.2. The van der Waals surface area contributed by atoms with E-state index in [0.717, 1.165) is 0 Å². The molecule has 3 nitrogen and oxygen atoms in total. The zero-order valence-electron chi connectivity index (χ0n) is 8.75. The molecule has 0 aliphatic heterocycles. The van der Waals surface area contributed by atoms with Gasteiger partial charge in [-0.3, -0.25) is 4.79 Å². The van der Waals surface area contributed by atoms with Crippen LogP contribution in [0, 0.1) is 18.3 Å². The number of nitrogens with zero attached hydrogens (tertiary/aromatic N) is 1. The first-order valence-corrected chi connectivity index (χ1v) is 4.46. The lowest BCUT2D eigenvalue weighted by Crippen LogP contribution is -2.09. The highest BCUT2D eigenvalue weighted by molar-refractivity contribution is 5.99. The van der Waals surface area contributed by atoms with Crippen LogP contribution in [0.4, 0.5) is 8.78 Å². The molecule has 0 unspecified atom stereocenters. The molecule has 1 aromatic carbocycles. The predicted molar refractivity (Wildman–Crippen MR) is 52.5 cm³/mol. The highest BCUT2D eigenvalue weighted by atomic mass is 19.3. The maximum Gasteiger partial charge on any atom is 0.387 e. The third kappa shape index (κ3) is 2.34. The Balaban J connectivity index is 3.44. The number of nitriles is 1. The number of hydrogen-bond donors (Lipinski definition) is 0. The van der Waals surface area contributed by atoms with Gasteiger partial charge in [0.05, 0.1) is 11.1 Å². The summed E-state index contributed by atoms with van der Waals surface area (Å²) in [5.41, 5.74) is 0.456. The molecule has 0 N–H and O–H groups in total. The lowest BCUT2D eigenvalue weighted by molar-refractivity contribution is -0.0503. The summed E-state index contributed by atoms with van der Waals surface area (Å²) in [5.74, 6) is -0.754. The van der Waals surface area contributed by atoms with Crippen LogP contribution >= 0.6 is 0 Å². The summed E-state index contributed by atoms with van der Waals surface area (Å²) in [6.07, 6.45) is 0. The number of ether oxygens (including phenoxy) is 1. The van der Waals surface area contributed by atoms with E-state index in [2.05, 4.69) is 4.74 Å². The Morgan fingerprint density at radius 2 is 2.12 bits per heavy atom. The average Bonchev–Trinajstić information content (AvgIpc) is 2.16. The van der Waals surface area contributed by atoms with E-state index in [4.69, 9.17) is 5.26 Å². The lowest BCUT2D eigenvalue weighted by atomic mass is 10.0. The molecule has 0 aromatic heterocycles. The molecule has 0 aliphatic carbocycles. The van der Waals surface area contributed by atoms with Crippen LogP contribution in [0.15, 0.2) is 12.1 Å². The Bertz CT molecular complexity index is 464. The minimum Gasteiger partial charge on any atom is -0.433 e. The second kappa shape index (κ2) is 4.71. The zero-order chi connectivity index (χ0) is 12.3. The van der Waals surface area contributed by atoms with Gasteiger partial charge in [-0.2, -0.15) is 14.0 Å². The first-order chi connectivity index (χ1) is 7.47. The van der Waals surface area contributed by atoms with E-state index in [1.165, 1.54) is 19.1 Å². The van der Waals surface area contributed by atoms with Crippen LogP contribution in [-0.2, 0) is 0 Å². The van der Waals surface area contributed by atoms with Crippen LogP contribution in [-0.4, -0.2) is 12.4 Å². The van der Waals surface area contributed by atoms with E-state index >= 15 is 0 Å². The van der Waals surface area contributed by atoms with Gasteiger partial charge in [0.15, 0.2) is 11.5 Å². The summed E-state index contributed by atoms with van der Waals surface area (Å²) in [7, 11) is 0. The Hall–Kier alpha value is -1.96. The van der Waals surface area contributed by atoms with Gasteiger partial charge >= 0.3 is 6.61 Å². The third-order valence-corrected chi connectivity index (χ3v) is 2.05. The summed E-state index contributed by atoms with van der Waals surface area (Å²) in [6, 6.07) is 4.58. The van der Waals surface area contributed by atoms with Gasteiger partial charge in [0.2, 0.25) is 0 Å². The molecule has 0 spiro atoms. The van der Waals surface area contributed by atoms with E-state index in [1.54, 1.807) is 13.0 Å². The van der Waals surface area contributed by atoms with Gasteiger partial charge in [-0.15, -0.1) is 0 Å². The molecule has 0 fully saturated rings. The number of carbonyl (C=O) groups excluding carboxylic acids is 1. The third-order valence-electron chi connectivity index (χ3n) is 2.05. The fraction of sp³-hybridized carbons (Fsp3) is 0.273. The van der Waals surface area contributed by atoms with Crippen molar-refractivity contribution in [1.29, 1.82) is 5.26 Å². The number of halogens is 2. The van der Waals surface area contributed by atoms with E-state index < -0.39 is 12.4 Å². The number of hydrogen-bond acceptors (Lipinski definition) is 3. The average molecular weight is 225 g/mol. The van der Waals surface area contributed by atoms with Gasteiger partial charge in [0, 0.05) is 0 Å². The summed E-state index contributed by atoms with van der Waals surface area (Å²) >= 11 is 0. The highest BCUT2D eigenvalue weighted by Crippen LogP contribution is 2.28. The van der Waals surface area contributed by atoms with Crippen molar-refractivity contribution in [2.45, 2.75) is 20.5 Å². The summed E-state index contributed by atoms with van der Waals surface area (Å²) in [6.45, 7) is -0.232. The molecule has 0 amide bonds. The number of aryl methyl sites for hydroxylation is 1. The highest BCUT2D eigenvalue weighted by Gasteiger charge is 2.19. The second-order valence-electron chi connectivity index (χ2n) is 3.18. The molecule has 0 atom stereocenters. The standard InChI is InChI=1S/C11H9F2NO2/c1-6-3-4-8(5-14)10(16-11(12)13)9(6)7(2)15/h3-4,11H,1-2H3. The smallest absolute Gasteiger partial charge is 0.387 e. The van der Waals surface area contributed by atoms with Crippen molar-refractivity contribution in [3.8, 4) is 11.8 Å². The molecule has 0 bridgehead atoms. The number of alkyl halides is 2. The van der Waals surface area contributed by atoms with Crippen molar-refractivity contribution in [2.75, 3.05) is 0 Å². The molecule has 0 heterocycles. The normalized spacial score (nSPS) is 10.0. The van der Waals surface area contributed by atoms with E-state index in [1.807, 2.05) is 0 Å². The van der Waals surface area contributed by atoms with E-state index in [-0.39, 0.29) is 16.9 Å². The molecular formula is C11H9F2NO2. The van der Waals surface area contributed by atoms with Crippen molar-refractivity contribution in [1.82, 2.24) is 0 Å². The minimum atomic E-state index is -3.06. The fourth-order valence-corrected chi connectivity index (χ4v) is 1.42. The second-order valence-corrected chi connectivity index (χ2v) is 3.18. The topological polar surface area (TPSA) is 50.1 Å². The molecular weight excluding hydrogens is 216 g/mol. The molecule has 1 aromatic rings. The first-order valence-electron chi connectivity index (χ1n) is 4.46. The van der Waals surface area contributed by atoms with Crippen molar-refractivity contribution in [3.63, 3.8) is 0 Å². The largest absolute Gasteiger partial charge is 0.433 e. The van der Waals surface area contributed by atoms with Crippen molar-refractivity contribution in [2.24, 2.45) is 0 Å². The Kier molecular flexibility index (Phi) is 3.56. The fourth-order valence-electron chi connectivity index (χ4n) is 1.42. The van der Waals surface area contributed by atoms with E-state index in [0.29, 0.717) is 5.56 Å². The number of carbonyl (C=O) groups is 1. The number of ketones is 1. The molecule has 84 valence electrons. The Morgan fingerprint density at radius 3 is 2.56 bits per heavy atom. The summed E-state index contributed by atoms with van der Waals surface area (Å²) < 4.78 is 28.6. The van der Waals surface area contributed by atoms with Crippen LogP contribution in [0.3, 0.4) is 0 Å². The number of Topliss-reactive ketones (excluding diaryl/α,β-unsaturated/α-hetero) is 1. The van der Waals surface area contributed by atoms with Gasteiger partial charge in [-0.1, -0.05) is 6.07 Å². The van der Waals surface area contributed by atoms with E-state index in [9.17, 15) is 13.6 Å². The molecule has 0 radical (unpaired) electrons. The molecule has 0 aliphatic rings. The molecule has 1 rings (SSSR count). The zero-order valence-corrected chi connectivity index (χ0v) is 8.75. The maximum atomic E-state index is 12.2. The van der Waals surface area contributed by atoms with Crippen molar-refractivity contribution >= 4 is 5.78 Å². The lowest BCUT2D eigenvalue weighted by Gasteiger charge is -2.12. The summed E-state index contributed by atoms with van der Waals surface area (Å²) in [5, 5.41) is 8.74. The number of benzene rings is 1. The molecule has 0 saturated carbocycles. The van der Waals surface area contributed by atoms with Gasteiger partial charge in [0.1, 0.15) is 6.07 Å². The summed E-state index contributed by atoms with van der Waals surface area (Å²) in [4.78, 5) is 11.3. The van der Waals surface area contributed by atoms with Gasteiger partial charge in [0.25, 0.3) is 0 Å². The van der Waals surface area contributed by atoms with Crippen molar-refractivity contribution in [3.05, 3.63) is 28.8 Å². The van der Waals surface area contributed by atoms with Crippen LogP contribution in [0.25, 0.3) is 0 Å². The Morgan fingerprint density at radius 1 is 1.50 bits per heavy atom. The van der Waals surface area contributed by atoms with Gasteiger partial charge in [-0.05, 0) is 25.5 Å². The molecule has 0 saturated heterocycles.